The number of amides is 1. The van der Waals surface area contributed by atoms with Crippen molar-refractivity contribution < 1.29 is 19.4 Å². The van der Waals surface area contributed by atoms with Gasteiger partial charge >= 0.3 is 5.97 Å². The molecular weight excluding hydrogens is 308 g/mol. The van der Waals surface area contributed by atoms with Crippen LogP contribution in [0.15, 0.2) is 24.3 Å². The lowest BCUT2D eigenvalue weighted by molar-refractivity contribution is -0.144. The minimum atomic E-state index is -1.30. The van der Waals surface area contributed by atoms with Gasteiger partial charge in [-0.1, -0.05) is 13.3 Å². The maximum absolute atomic E-state index is 12.6. The summed E-state index contributed by atoms with van der Waals surface area (Å²) in [5.41, 5.74) is 0.333. The average molecular weight is 330 g/mol. The number of nitrogens with zero attached hydrogens (tertiary/aromatic N) is 1. The number of aromatic nitrogens is 1. The summed E-state index contributed by atoms with van der Waals surface area (Å²) in [4.78, 5) is 28.5. The number of aliphatic carboxylic acids is 1. The molecule has 0 saturated carbocycles. The number of carbonyl (C=O) groups is 2. The molecule has 1 heterocycles. The van der Waals surface area contributed by atoms with E-state index >= 15 is 0 Å². The predicted octanol–water partition coefficient (Wildman–Crippen LogP) is 2.93. The van der Waals surface area contributed by atoms with Gasteiger partial charge in [0.2, 0.25) is 0 Å². The highest BCUT2D eigenvalue weighted by Gasteiger charge is 2.34. The number of carboxylic acids is 1. The Morgan fingerprint density at radius 2 is 2.04 bits per heavy atom. The first-order valence-electron chi connectivity index (χ1n) is 7.82. The van der Waals surface area contributed by atoms with E-state index in [4.69, 9.17) is 4.74 Å². The first-order valence-corrected chi connectivity index (χ1v) is 7.82. The van der Waals surface area contributed by atoms with E-state index in [1.165, 1.54) is 6.92 Å². The fourth-order valence-corrected chi connectivity index (χ4v) is 2.64. The average Bonchev–Trinajstić information content (AvgIpc) is 2.53. The van der Waals surface area contributed by atoms with Crippen LogP contribution in [0, 0.1) is 6.92 Å². The highest BCUT2D eigenvalue weighted by molar-refractivity contribution is 6.01. The quantitative estimate of drug-likeness (QED) is 0.850. The number of benzene rings is 1. The van der Waals surface area contributed by atoms with Gasteiger partial charge in [0.15, 0.2) is 0 Å². The van der Waals surface area contributed by atoms with Crippen molar-refractivity contribution in [2.75, 3.05) is 7.11 Å². The number of carbonyl (C=O) groups excluding carboxylic acids is 1. The third-order valence-electron chi connectivity index (χ3n) is 4.07. The number of hydrogen-bond acceptors (Lipinski definition) is 4. The molecule has 0 aliphatic rings. The largest absolute Gasteiger partial charge is 0.497 e. The Morgan fingerprint density at radius 3 is 2.62 bits per heavy atom. The molecule has 2 N–H and O–H groups in total. The minimum absolute atomic E-state index is 0.353. The standard InChI is InChI=1S/C18H22N2O4/c1-5-8-18(3,17(22)23)20-16(21)14-9-12-6-7-13(24-4)10-15(12)19-11(14)2/h6-7,9-10H,5,8H2,1-4H3,(H,20,21)(H,22,23). The minimum Gasteiger partial charge on any atom is -0.497 e. The molecule has 24 heavy (non-hydrogen) atoms. The van der Waals surface area contributed by atoms with Crippen LogP contribution < -0.4 is 10.1 Å². The number of hydrogen-bond donors (Lipinski definition) is 2. The normalized spacial score (nSPS) is 13.3. The van der Waals surface area contributed by atoms with E-state index in [9.17, 15) is 14.7 Å². The third-order valence-corrected chi connectivity index (χ3v) is 4.07. The van der Waals surface area contributed by atoms with E-state index in [0.717, 1.165) is 10.9 Å². The molecule has 0 saturated heterocycles. The van der Waals surface area contributed by atoms with Crippen molar-refractivity contribution in [3.8, 4) is 5.75 Å². The first-order chi connectivity index (χ1) is 11.3. The van der Waals surface area contributed by atoms with E-state index in [1.807, 2.05) is 13.0 Å². The van der Waals surface area contributed by atoms with Gasteiger partial charge in [0.25, 0.3) is 5.91 Å². The van der Waals surface area contributed by atoms with Crippen molar-refractivity contribution in [3.05, 3.63) is 35.5 Å². The molecule has 128 valence electrons. The number of rotatable bonds is 6. The Morgan fingerprint density at radius 1 is 1.33 bits per heavy atom. The summed E-state index contributed by atoms with van der Waals surface area (Å²) in [5.74, 6) is -0.794. The Labute approximate surface area is 140 Å². The Balaban J connectivity index is 2.39. The van der Waals surface area contributed by atoms with E-state index in [0.29, 0.717) is 29.8 Å². The van der Waals surface area contributed by atoms with Gasteiger partial charge in [-0.2, -0.15) is 0 Å². The molecule has 0 bridgehead atoms. The summed E-state index contributed by atoms with van der Waals surface area (Å²) in [6.07, 6.45) is 1.00. The van der Waals surface area contributed by atoms with Crippen LogP contribution >= 0.6 is 0 Å². The summed E-state index contributed by atoms with van der Waals surface area (Å²) in [5, 5.41) is 12.8. The molecule has 6 heteroatoms. The molecular formula is C18H22N2O4. The second kappa shape index (κ2) is 6.86. The lowest BCUT2D eigenvalue weighted by atomic mass is 9.95. The Bertz CT molecular complexity index is 788. The number of pyridine rings is 1. The van der Waals surface area contributed by atoms with Gasteiger partial charge < -0.3 is 15.2 Å². The first kappa shape index (κ1) is 17.7. The van der Waals surface area contributed by atoms with Crippen LogP contribution in [0.4, 0.5) is 0 Å². The maximum atomic E-state index is 12.6. The third kappa shape index (κ3) is 3.48. The molecule has 1 unspecified atom stereocenters. The fourth-order valence-electron chi connectivity index (χ4n) is 2.64. The lowest BCUT2D eigenvalue weighted by Crippen LogP contribution is -2.52. The molecule has 2 rings (SSSR count). The number of nitrogens with one attached hydrogen (secondary N) is 1. The number of fused-ring (bicyclic) bond motifs is 1. The van der Waals surface area contributed by atoms with Crippen LogP contribution in [0.2, 0.25) is 0 Å². The second-order valence-corrected chi connectivity index (χ2v) is 6.02. The summed E-state index contributed by atoms with van der Waals surface area (Å²) in [6, 6.07) is 7.13. The van der Waals surface area contributed by atoms with Gasteiger partial charge in [0, 0.05) is 11.5 Å². The number of aryl methyl sites for hydroxylation is 1. The van der Waals surface area contributed by atoms with E-state index in [1.54, 1.807) is 32.2 Å². The van der Waals surface area contributed by atoms with Gasteiger partial charge in [0.05, 0.1) is 23.9 Å². The van der Waals surface area contributed by atoms with Crippen LogP contribution in [0.3, 0.4) is 0 Å². The van der Waals surface area contributed by atoms with Crippen molar-refractivity contribution >= 4 is 22.8 Å². The Kier molecular flexibility index (Phi) is 5.07. The van der Waals surface area contributed by atoms with Crippen LogP contribution in [-0.2, 0) is 4.79 Å². The van der Waals surface area contributed by atoms with Gasteiger partial charge in [0.1, 0.15) is 11.3 Å². The summed E-state index contributed by atoms with van der Waals surface area (Å²) < 4.78 is 5.17. The number of ether oxygens (including phenoxy) is 1. The summed E-state index contributed by atoms with van der Waals surface area (Å²) in [7, 11) is 1.58. The highest BCUT2D eigenvalue weighted by atomic mass is 16.5. The summed E-state index contributed by atoms with van der Waals surface area (Å²) in [6.45, 7) is 5.13. The SMILES string of the molecule is CCCC(C)(NC(=O)c1cc2ccc(OC)cc2nc1C)C(=O)O. The van der Waals surface area contributed by atoms with Crippen molar-refractivity contribution in [2.45, 2.75) is 39.2 Å². The van der Waals surface area contributed by atoms with Crippen LogP contribution in [0.25, 0.3) is 10.9 Å². The van der Waals surface area contributed by atoms with E-state index in [-0.39, 0.29) is 0 Å². The zero-order valence-electron chi connectivity index (χ0n) is 14.3. The molecule has 0 radical (unpaired) electrons. The van der Waals surface area contributed by atoms with Crippen molar-refractivity contribution in [1.29, 1.82) is 0 Å². The van der Waals surface area contributed by atoms with Crippen molar-refractivity contribution in [3.63, 3.8) is 0 Å². The molecule has 0 fully saturated rings. The monoisotopic (exact) mass is 330 g/mol. The second-order valence-electron chi connectivity index (χ2n) is 6.02. The number of methoxy groups -OCH3 is 1. The molecule has 0 aliphatic heterocycles. The molecule has 1 aromatic heterocycles. The summed E-state index contributed by atoms with van der Waals surface area (Å²) >= 11 is 0. The zero-order valence-corrected chi connectivity index (χ0v) is 14.3. The van der Waals surface area contributed by atoms with E-state index in [2.05, 4.69) is 10.3 Å². The van der Waals surface area contributed by atoms with Gasteiger partial charge in [-0.05, 0) is 38.5 Å². The van der Waals surface area contributed by atoms with Crippen LogP contribution in [-0.4, -0.2) is 34.6 Å². The van der Waals surface area contributed by atoms with Gasteiger partial charge in [-0.25, -0.2) is 4.79 Å². The van der Waals surface area contributed by atoms with Crippen LogP contribution in [0.5, 0.6) is 5.75 Å². The molecule has 2 aromatic rings. The molecule has 0 spiro atoms. The fraction of sp³-hybridized carbons (Fsp3) is 0.389. The Hall–Kier alpha value is -2.63. The predicted molar refractivity (Wildman–Crippen MR) is 91.4 cm³/mol. The molecule has 0 aliphatic carbocycles. The van der Waals surface area contributed by atoms with E-state index < -0.39 is 17.4 Å². The van der Waals surface area contributed by atoms with Gasteiger partial charge in [-0.15, -0.1) is 0 Å². The molecule has 6 nitrogen and oxygen atoms in total. The maximum Gasteiger partial charge on any atom is 0.329 e. The smallest absolute Gasteiger partial charge is 0.329 e. The lowest BCUT2D eigenvalue weighted by Gasteiger charge is -2.26. The molecule has 1 aromatic carbocycles. The molecule has 1 amide bonds. The molecule has 1 atom stereocenters. The van der Waals surface area contributed by atoms with Gasteiger partial charge in [-0.3, -0.25) is 9.78 Å². The van der Waals surface area contributed by atoms with Crippen molar-refractivity contribution in [2.24, 2.45) is 0 Å². The highest BCUT2D eigenvalue weighted by Crippen LogP contribution is 2.22. The zero-order chi connectivity index (χ0) is 17.9. The van der Waals surface area contributed by atoms with Crippen molar-refractivity contribution in [1.82, 2.24) is 10.3 Å². The topological polar surface area (TPSA) is 88.5 Å². The van der Waals surface area contributed by atoms with Crippen LogP contribution in [0.1, 0.15) is 42.7 Å². The number of carboxylic acid groups (broad SMARTS) is 1.